The summed E-state index contributed by atoms with van der Waals surface area (Å²) in [6, 6.07) is 0. The highest BCUT2D eigenvalue weighted by Crippen LogP contribution is 2.13. The number of hydrogen-bond donors (Lipinski definition) is 2. The van der Waals surface area contributed by atoms with Gasteiger partial charge in [-0.2, -0.15) is 15.0 Å². The van der Waals surface area contributed by atoms with Gasteiger partial charge in [-0.25, -0.2) is 0 Å². The maximum atomic E-state index is 4.51. The molecule has 0 bridgehead atoms. The lowest BCUT2D eigenvalue weighted by Crippen LogP contribution is -2.25. The number of anilines is 3. The molecular weight excluding hydrogens is 266 g/mol. The molecule has 0 unspecified atom stereocenters. The molecule has 0 atom stereocenters. The lowest BCUT2D eigenvalue weighted by molar-refractivity contribution is 0.405. The Bertz CT molecular complexity index is 404. The Morgan fingerprint density at radius 1 is 0.905 bits per heavy atom. The second kappa shape index (κ2) is 9.33. The van der Waals surface area contributed by atoms with Crippen LogP contribution in [0.5, 0.6) is 0 Å². The first-order valence-corrected chi connectivity index (χ1v) is 7.74. The Morgan fingerprint density at radius 2 is 1.52 bits per heavy atom. The van der Waals surface area contributed by atoms with E-state index in [2.05, 4.69) is 63.3 Å². The molecule has 120 valence electrons. The van der Waals surface area contributed by atoms with Crippen molar-refractivity contribution in [1.29, 1.82) is 0 Å². The van der Waals surface area contributed by atoms with Crippen LogP contribution in [0.15, 0.2) is 0 Å². The quantitative estimate of drug-likeness (QED) is 0.634. The van der Waals surface area contributed by atoms with Crippen LogP contribution >= 0.6 is 0 Å². The van der Waals surface area contributed by atoms with E-state index in [-0.39, 0.29) is 0 Å². The number of rotatable bonds is 10. The largest absolute Gasteiger partial charge is 0.354 e. The molecule has 1 aromatic rings. The minimum absolute atomic E-state index is 0.629. The smallest absolute Gasteiger partial charge is 0.231 e. The van der Waals surface area contributed by atoms with Gasteiger partial charge in [0.25, 0.3) is 0 Å². The summed E-state index contributed by atoms with van der Waals surface area (Å²) in [4.78, 5) is 17.7. The van der Waals surface area contributed by atoms with Crippen molar-refractivity contribution < 1.29 is 0 Å². The van der Waals surface area contributed by atoms with Crippen molar-refractivity contribution in [2.24, 2.45) is 0 Å². The molecule has 1 heterocycles. The monoisotopic (exact) mass is 295 g/mol. The van der Waals surface area contributed by atoms with E-state index < -0.39 is 0 Å². The van der Waals surface area contributed by atoms with Gasteiger partial charge < -0.3 is 20.4 Å². The Kier molecular flexibility index (Phi) is 7.74. The third-order valence-electron chi connectivity index (χ3n) is 3.07. The van der Waals surface area contributed by atoms with Crippen LogP contribution in [0.1, 0.15) is 27.2 Å². The van der Waals surface area contributed by atoms with Crippen molar-refractivity contribution in [2.75, 3.05) is 62.4 Å². The topological polar surface area (TPSA) is 69.2 Å². The summed E-state index contributed by atoms with van der Waals surface area (Å²) in [6.07, 6.45) is 1.05. The average Bonchev–Trinajstić information content (AvgIpc) is 2.45. The molecule has 7 nitrogen and oxygen atoms in total. The zero-order valence-corrected chi connectivity index (χ0v) is 14.0. The fraction of sp³-hybridized carbons (Fsp3) is 0.786. The fourth-order valence-corrected chi connectivity index (χ4v) is 1.92. The SMILES string of the molecule is CCNc1nc(NCCCN(C)C)nc(N(CC)CC)n1. The Balaban J connectivity index is 2.76. The van der Waals surface area contributed by atoms with Crippen molar-refractivity contribution in [3.63, 3.8) is 0 Å². The zero-order valence-electron chi connectivity index (χ0n) is 14.0. The van der Waals surface area contributed by atoms with Crippen molar-refractivity contribution in [3.05, 3.63) is 0 Å². The van der Waals surface area contributed by atoms with Gasteiger partial charge in [0.15, 0.2) is 0 Å². The molecule has 0 saturated carbocycles. The van der Waals surface area contributed by atoms with E-state index in [4.69, 9.17) is 0 Å². The summed E-state index contributed by atoms with van der Waals surface area (Å²) >= 11 is 0. The van der Waals surface area contributed by atoms with Gasteiger partial charge in [0.1, 0.15) is 0 Å². The first kappa shape index (κ1) is 17.4. The lowest BCUT2D eigenvalue weighted by atomic mass is 10.4. The third-order valence-corrected chi connectivity index (χ3v) is 3.07. The van der Waals surface area contributed by atoms with Crippen molar-refractivity contribution in [1.82, 2.24) is 19.9 Å². The normalized spacial score (nSPS) is 10.8. The first-order chi connectivity index (χ1) is 10.1. The van der Waals surface area contributed by atoms with Crippen molar-refractivity contribution >= 4 is 17.8 Å². The van der Waals surface area contributed by atoms with Gasteiger partial charge in [-0.05, 0) is 47.8 Å². The Hall–Kier alpha value is -1.63. The molecule has 0 fully saturated rings. The highest BCUT2D eigenvalue weighted by molar-refractivity contribution is 5.43. The zero-order chi connectivity index (χ0) is 15.7. The molecule has 0 radical (unpaired) electrons. The van der Waals surface area contributed by atoms with Gasteiger partial charge >= 0.3 is 0 Å². The standard InChI is InChI=1S/C14H29N7/c1-6-15-12-17-13(16-10-9-11-20(4)5)19-14(18-12)21(7-2)8-3/h6-11H2,1-5H3,(H2,15,16,17,18,19). The molecule has 1 aromatic heterocycles. The van der Waals surface area contributed by atoms with Crippen molar-refractivity contribution in [3.8, 4) is 0 Å². The summed E-state index contributed by atoms with van der Waals surface area (Å²) in [6.45, 7) is 10.7. The molecule has 1 rings (SSSR count). The molecular formula is C14H29N7. The maximum absolute atomic E-state index is 4.51. The fourth-order valence-electron chi connectivity index (χ4n) is 1.92. The summed E-state index contributed by atoms with van der Waals surface area (Å²) in [5, 5.41) is 6.45. The second-order valence-electron chi connectivity index (χ2n) is 5.07. The van der Waals surface area contributed by atoms with Gasteiger partial charge in [0.05, 0.1) is 0 Å². The van der Waals surface area contributed by atoms with E-state index >= 15 is 0 Å². The molecule has 2 N–H and O–H groups in total. The molecule has 21 heavy (non-hydrogen) atoms. The number of aromatic nitrogens is 3. The van der Waals surface area contributed by atoms with Gasteiger partial charge in [-0.1, -0.05) is 0 Å². The summed E-state index contributed by atoms with van der Waals surface area (Å²) in [7, 11) is 4.15. The predicted octanol–water partition coefficient (Wildman–Crippen LogP) is 1.51. The number of nitrogens with zero attached hydrogens (tertiary/aromatic N) is 5. The summed E-state index contributed by atoms with van der Waals surface area (Å²) < 4.78 is 0. The van der Waals surface area contributed by atoms with Gasteiger partial charge in [-0.3, -0.25) is 0 Å². The Morgan fingerprint density at radius 3 is 2.05 bits per heavy atom. The van der Waals surface area contributed by atoms with Gasteiger partial charge in [0, 0.05) is 26.2 Å². The highest BCUT2D eigenvalue weighted by Gasteiger charge is 2.10. The van der Waals surface area contributed by atoms with E-state index in [0.29, 0.717) is 11.9 Å². The van der Waals surface area contributed by atoms with Crippen LogP contribution in [0.3, 0.4) is 0 Å². The van der Waals surface area contributed by atoms with Crippen LogP contribution in [0.4, 0.5) is 17.8 Å². The highest BCUT2D eigenvalue weighted by atomic mass is 15.3. The number of nitrogens with one attached hydrogen (secondary N) is 2. The Labute approximate surface area is 128 Å². The summed E-state index contributed by atoms with van der Waals surface area (Å²) in [5.74, 6) is 1.99. The molecule has 0 aliphatic carbocycles. The van der Waals surface area contributed by atoms with Crippen LogP contribution in [0.25, 0.3) is 0 Å². The van der Waals surface area contributed by atoms with E-state index in [1.807, 2.05) is 6.92 Å². The van der Waals surface area contributed by atoms with Crippen LogP contribution < -0.4 is 15.5 Å². The van der Waals surface area contributed by atoms with Gasteiger partial charge in [-0.15, -0.1) is 0 Å². The van der Waals surface area contributed by atoms with Crippen molar-refractivity contribution in [2.45, 2.75) is 27.2 Å². The number of hydrogen-bond acceptors (Lipinski definition) is 7. The molecule has 0 amide bonds. The van der Waals surface area contributed by atoms with E-state index in [1.54, 1.807) is 0 Å². The minimum Gasteiger partial charge on any atom is -0.354 e. The van der Waals surface area contributed by atoms with Crippen LogP contribution in [-0.4, -0.2) is 66.7 Å². The van der Waals surface area contributed by atoms with Crippen LogP contribution in [0.2, 0.25) is 0 Å². The molecule has 7 heteroatoms. The predicted molar refractivity (Wildman–Crippen MR) is 89.2 cm³/mol. The molecule has 0 saturated heterocycles. The first-order valence-electron chi connectivity index (χ1n) is 7.74. The molecule has 0 aliphatic rings. The van der Waals surface area contributed by atoms with Crippen LogP contribution in [0, 0.1) is 0 Å². The van der Waals surface area contributed by atoms with Crippen LogP contribution in [-0.2, 0) is 0 Å². The van der Waals surface area contributed by atoms with E-state index in [9.17, 15) is 0 Å². The molecule has 0 aliphatic heterocycles. The maximum Gasteiger partial charge on any atom is 0.231 e. The second-order valence-corrected chi connectivity index (χ2v) is 5.07. The molecule has 0 aromatic carbocycles. The molecule has 0 spiro atoms. The minimum atomic E-state index is 0.629. The van der Waals surface area contributed by atoms with Gasteiger partial charge in [0.2, 0.25) is 17.8 Å². The lowest BCUT2D eigenvalue weighted by Gasteiger charge is -2.19. The van der Waals surface area contributed by atoms with E-state index in [0.717, 1.165) is 45.1 Å². The average molecular weight is 295 g/mol. The summed E-state index contributed by atoms with van der Waals surface area (Å²) in [5.41, 5.74) is 0. The third kappa shape index (κ3) is 6.12. The van der Waals surface area contributed by atoms with E-state index in [1.165, 1.54) is 0 Å².